The number of rotatable bonds is 4. The van der Waals surface area contributed by atoms with Crippen LogP contribution in [0, 0.1) is 0 Å². The summed E-state index contributed by atoms with van der Waals surface area (Å²) >= 11 is 6.19. The molecule has 0 radical (unpaired) electrons. The van der Waals surface area contributed by atoms with E-state index in [1.807, 2.05) is 36.4 Å². The summed E-state index contributed by atoms with van der Waals surface area (Å²) in [5.74, 6) is 2.07. The zero-order valence-corrected chi connectivity index (χ0v) is 12.2. The van der Waals surface area contributed by atoms with E-state index in [9.17, 15) is 0 Å². The standard InChI is InChI=1S/C16H16ClNO3/c17-14-7-12(8-15-16(14)20-6-5-19-15)10-21-13-3-1-11(9-18)2-4-13/h1-4,7-8H,5-6,9-10,18H2. The van der Waals surface area contributed by atoms with Crippen LogP contribution in [0.4, 0.5) is 0 Å². The van der Waals surface area contributed by atoms with Crippen LogP contribution < -0.4 is 19.9 Å². The second-order valence-electron chi connectivity index (χ2n) is 4.74. The minimum absolute atomic E-state index is 0.415. The zero-order valence-electron chi connectivity index (χ0n) is 11.5. The van der Waals surface area contributed by atoms with Crippen molar-refractivity contribution in [1.29, 1.82) is 0 Å². The predicted molar refractivity (Wildman–Crippen MR) is 81.1 cm³/mol. The third kappa shape index (κ3) is 3.23. The van der Waals surface area contributed by atoms with Gasteiger partial charge in [-0.15, -0.1) is 0 Å². The van der Waals surface area contributed by atoms with Crippen LogP contribution in [-0.4, -0.2) is 13.2 Å². The Labute approximate surface area is 128 Å². The first-order valence-corrected chi connectivity index (χ1v) is 7.14. The molecule has 0 saturated heterocycles. The first kappa shape index (κ1) is 14.0. The molecule has 0 saturated carbocycles. The number of fused-ring (bicyclic) bond motifs is 1. The van der Waals surface area contributed by atoms with E-state index < -0.39 is 0 Å². The minimum atomic E-state index is 0.415. The Morgan fingerprint density at radius 1 is 1.05 bits per heavy atom. The molecule has 21 heavy (non-hydrogen) atoms. The summed E-state index contributed by atoms with van der Waals surface area (Å²) < 4.78 is 16.8. The Kier molecular flexibility index (Phi) is 4.18. The molecule has 2 aromatic carbocycles. The lowest BCUT2D eigenvalue weighted by Gasteiger charge is -2.20. The summed E-state index contributed by atoms with van der Waals surface area (Å²) in [5.41, 5.74) is 7.58. The summed E-state index contributed by atoms with van der Waals surface area (Å²) in [7, 11) is 0. The van der Waals surface area contributed by atoms with Crippen molar-refractivity contribution >= 4 is 11.6 Å². The van der Waals surface area contributed by atoms with Gasteiger partial charge in [-0.3, -0.25) is 0 Å². The van der Waals surface area contributed by atoms with Gasteiger partial charge in [-0.2, -0.15) is 0 Å². The molecule has 5 heteroatoms. The van der Waals surface area contributed by atoms with Crippen molar-refractivity contribution in [2.45, 2.75) is 13.2 Å². The van der Waals surface area contributed by atoms with Crippen molar-refractivity contribution in [1.82, 2.24) is 0 Å². The Morgan fingerprint density at radius 3 is 2.57 bits per heavy atom. The summed E-state index contributed by atoms with van der Waals surface area (Å²) in [6.45, 7) is 2.00. The van der Waals surface area contributed by atoms with Crippen LogP contribution in [0.2, 0.25) is 5.02 Å². The summed E-state index contributed by atoms with van der Waals surface area (Å²) in [6.07, 6.45) is 0. The highest BCUT2D eigenvalue weighted by Gasteiger charge is 2.16. The second kappa shape index (κ2) is 6.24. The molecule has 0 fully saturated rings. The highest BCUT2D eigenvalue weighted by molar-refractivity contribution is 6.32. The number of hydrogen-bond donors (Lipinski definition) is 1. The van der Waals surface area contributed by atoms with E-state index in [0.29, 0.717) is 42.9 Å². The summed E-state index contributed by atoms with van der Waals surface area (Å²) in [4.78, 5) is 0. The average Bonchev–Trinajstić information content (AvgIpc) is 2.53. The molecule has 2 N–H and O–H groups in total. The fraction of sp³-hybridized carbons (Fsp3) is 0.250. The Balaban J connectivity index is 1.71. The van der Waals surface area contributed by atoms with Crippen LogP contribution in [-0.2, 0) is 13.2 Å². The molecule has 0 bridgehead atoms. The topological polar surface area (TPSA) is 53.7 Å². The molecule has 0 unspecified atom stereocenters. The number of benzene rings is 2. The van der Waals surface area contributed by atoms with E-state index in [4.69, 9.17) is 31.5 Å². The molecule has 1 heterocycles. The van der Waals surface area contributed by atoms with Gasteiger partial charge in [0.1, 0.15) is 25.6 Å². The number of nitrogens with two attached hydrogens (primary N) is 1. The second-order valence-corrected chi connectivity index (χ2v) is 5.15. The molecular formula is C16H16ClNO3. The van der Waals surface area contributed by atoms with Gasteiger partial charge in [-0.05, 0) is 35.4 Å². The fourth-order valence-corrected chi connectivity index (χ4v) is 2.42. The molecule has 0 amide bonds. The summed E-state index contributed by atoms with van der Waals surface area (Å²) in [6, 6.07) is 11.4. The molecule has 1 aliphatic heterocycles. The third-order valence-electron chi connectivity index (χ3n) is 3.22. The molecule has 0 atom stereocenters. The van der Waals surface area contributed by atoms with Gasteiger partial charge in [0.2, 0.25) is 0 Å². The van der Waals surface area contributed by atoms with Gasteiger partial charge in [0.25, 0.3) is 0 Å². The largest absolute Gasteiger partial charge is 0.489 e. The molecule has 2 aromatic rings. The van der Waals surface area contributed by atoms with E-state index >= 15 is 0 Å². The highest BCUT2D eigenvalue weighted by Crippen LogP contribution is 2.38. The fourth-order valence-electron chi connectivity index (χ4n) is 2.14. The average molecular weight is 306 g/mol. The molecule has 0 spiro atoms. The van der Waals surface area contributed by atoms with Crippen LogP contribution in [0.15, 0.2) is 36.4 Å². The van der Waals surface area contributed by atoms with Gasteiger partial charge in [0.15, 0.2) is 11.5 Å². The first-order valence-electron chi connectivity index (χ1n) is 6.76. The quantitative estimate of drug-likeness (QED) is 0.943. The van der Waals surface area contributed by atoms with E-state index in [0.717, 1.165) is 16.9 Å². The van der Waals surface area contributed by atoms with Crippen molar-refractivity contribution in [3.8, 4) is 17.2 Å². The molecule has 4 nitrogen and oxygen atoms in total. The van der Waals surface area contributed by atoms with E-state index in [2.05, 4.69) is 0 Å². The monoisotopic (exact) mass is 305 g/mol. The Hall–Kier alpha value is -1.91. The highest BCUT2D eigenvalue weighted by atomic mass is 35.5. The maximum absolute atomic E-state index is 6.19. The lowest BCUT2D eigenvalue weighted by molar-refractivity contribution is 0.171. The van der Waals surface area contributed by atoms with Gasteiger partial charge >= 0.3 is 0 Å². The molecule has 1 aliphatic rings. The van der Waals surface area contributed by atoms with E-state index in [-0.39, 0.29) is 0 Å². The zero-order chi connectivity index (χ0) is 14.7. The van der Waals surface area contributed by atoms with Crippen LogP contribution in [0.3, 0.4) is 0 Å². The summed E-state index contributed by atoms with van der Waals surface area (Å²) in [5, 5.41) is 0.546. The molecular weight excluding hydrogens is 290 g/mol. The van der Waals surface area contributed by atoms with E-state index in [1.165, 1.54) is 0 Å². The molecule has 3 rings (SSSR count). The van der Waals surface area contributed by atoms with Crippen LogP contribution >= 0.6 is 11.6 Å². The van der Waals surface area contributed by atoms with Crippen molar-refractivity contribution in [2.75, 3.05) is 13.2 Å². The van der Waals surface area contributed by atoms with Crippen molar-refractivity contribution < 1.29 is 14.2 Å². The van der Waals surface area contributed by atoms with Crippen LogP contribution in [0.25, 0.3) is 0 Å². The molecule has 0 aromatic heterocycles. The molecule has 0 aliphatic carbocycles. The SMILES string of the molecule is NCc1ccc(OCc2cc(Cl)c3c(c2)OCCO3)cc1. The van der Waals surface area contributed by atoms with Crippen LogP contribution in [0.5, 0.6) is 17.2 Å². The van der Waals surface area contributed by atoms with Gasteiger partial charge in [0, 0.05) is 6.54 Å². The smallest absolute Gasteiger partial charge is 0.179 e. The minimum Gasteiger partial charge on any atom is -0.489 e. The van der Waals surface area contributed by atoms with Crippen molar-refractivity contribution in [2.24, 2.45) is 5.73 Å². The first-order chi connectivity index (χ1) is 10.3. The van der Waals surface area contributed by atoms with Crippen molar-refractivity contribution in [3.05, 3.63) is 52.5 Å². The normalized spacial score (nSPS) is 13.0. The maximum atomic E-state index is 6.19. The van der Waals surface area contributed by atoms with Gasteiger partial charge in [-0.25, -0.2) is 0 Å². The lowest BCUT2D eigenvalue weighted by Crippen LogP contribution is -2.16. The molecule has 110 valence electrons. The lowest BCUT2D eigenvalue weighted by atomic mass is 10.2. The Bertz CT molecular complexity index is 628. The van der Waals surface area contributed by atoms with Gasteiger partial charge in [-0.1, -0.05) is 23.7 Å². The number of halogens is 1. The van der Waals surface area contributed by atoms with Gasteiger partial charge in [0.05, 0.1) is 5.02 Å². The predicted octanol–water partition coefficient (Wildman–Crippen LogP) is 3.15. The number of hydrogen-bond acceptors (Lipinski definition) is 4. The Morgan fingerprint density at radius 2 is 1.81 bits per heavy atom. The van der Waals surface area contributed by atoms with E-state index in [1.54, 1.807) is 0 Å². The van der Waals surface area contributed by atoms with Crippen molar-refractivity contribution in [3.63, 3.8) is 0 Å². The van der Waals surface area contributed by atoms with Crippen LogP contribution in [0.1, 0.15) is 11.1 Å². The van der Waals surface area contributed by atoms with Gasteiger partial charge < -0.3 is 19.9 Å². The third-order valence-corrected chi connectivity index (χ3v) is 3.50. The number of ether oxygens (including phenoxy) is 3. The maximum Gasteiger partial charge on any atom is 0.179 e.